The normalized spacial score (nSPS) is 25.9. The van der Waals surface area contributed by atoms with Gasteiger partial charge in [-0.1, -0.05) is 22.9 Å². The van der Waals surface area contributed by atoms with Crippen molar-refractivity contribution in [2.45, 2.75) is 49.9 Å². The van der Waals surface area contributed by atoms with Crippen LogP contribution in [0.15, 0.2) is 30.9 Å². The Labute approximate surface area is 299 Å². The summed E-state index contributed by atoms with van der Waals surface area (Å²) in [6.45, 7) is -7.93. The molecule has 0 bridgehead atoms. The predicted octanol–water partition coefficient (Wildman–Crippen LogP) is 4.33. The number of imidazole rings is 1. The maximum atomic E-state index is 16.6. The number of rotatable bonds is 15. The first kappa shape index (κ1) is 37.1. The van der Waals surface area contributed by atoms with Crippen LogP contribution >= 0.6 is 25.0 Å². The first-order valence-electron chi connectivity index (χ1n) is 15.0. The Morgan fingerprint density at radius 2 is 1.98 bits per heavy atom. The van der Waals surface area contributed by atoms with Crippen LogP contribution in [-0.2, 0) is 55.7 Å². The van der Waals surface area contributed by atoms with Gasteiger partial charge in [-0.15, -0.1) is 5.10 Å². The van der Waals surface area contributed by atoms with E-state index in [2.05, 4.69) is 25.3 Å². The van der Waals surface area contributed by atoms with E-state index in [0.717, 1.165) is 4.68 Å². The molecule has 23 heteroatoms. The fourth-order valence-electron chi connectivity index (χ4n) is 5.60. The lowest BCUT2D eigenvalue weighted by Gasteiger charge is -2.37. The number of nitrogens with zero attached hydrogens (tertiary/aromatic N) is 8. The number of hydrogen-bond acceptors (Lipinski definition) is 16. The van der Waals surface area contributed by atoms with Crippen LogP contribution in [0.3, 0.4) is 0 Å². The Hall–Kier alpha value is -2.63. The Bertz CT molecular complexity index is 2010. The van der Waals surface area contributed by atoms with E-state index in [4.69, 9.17) is 72.6 Å². The van der Waals surface area contributed by atoms with Crippen LogP contribution in [0.1, 0.15) is 41.9 Å². The maximum Gasteiger partial charge on any atom is 0.340 e. The third-order valence-electron chi connectivity index (χ3n) is 8.15. The number of fused-ring (bicyclic) bond motifs is 2. The van der Waals surface area contributed by atoms with E-state index in [1.165, 1.54) is 26.6 Å². The molecule has 50 heavy (non-hydrogen) atoms. The second-order valence-corrected chi connectivity index (χ2v) is 17.5. The van der Waals surface area contributed by atoms with Crippen molar-refractivity contribution in [1.82, 2.24) is 34.5 Å². The lowest BCUT2D eigenvalue weighted by atomic mass is 9.81. The highest BCUT2D eigenvalue weighted by Crippen LogP contribution is 2.56. The fraction of sp³-hybridized carbons (Fsp3) is 0.519. The van der Waals surface area contributed by atoms with Gasteiger partial charge in [0, 0.05) is 13.2 Å². The summed E-state index contributed by atoms with van der Waals surface area (Å²) in [5.74, 6) is -0.630. The zero-order valence-corrected chi connectivity index (χ0v) is 30.5. The van der Waals surface area contributed by atoms with E-state index in [1.807, 2.05) is 10.6 Å². The average molecular weight is 791 g/mol. The average Bonchev–Trinajstić information content (AvgIpc) is 3.79. The van der Waals surface area contributed by atoms with Crippen LogP contribution in [0.5, 0.6) is 0 Å². The summed E-state index contributed by atoms with van der Waals surface area (Å²) >= 11 is 16.9. The molecule has 2 aliphatic rings. The SMILES string of the molecule is COC(=O)c1cccc2c1nnn2[C@@H]1O[C@H](COP(O)(=S)OC)[C@@H](OP(=S)(OCCC#N)OCC2CC(n3cnc4c(Cl)ncnc43)C2)[C@H]1F. The minimum atomic E-state index is -3.75. The van der Waals surface area contributed by atoms with Crippen molar-refractivity contribution in [1.29, 1.82) is 5.26 Å². The van der Waals surface area contributed by atoms with Crippen molar-refractivity contribution in [2.75, 3.05) is 34.0 Å². The molecule has 1 saturated carbocycles. The van der Waals surface area contributed by atoms with Gasteiger partial charge in [-0.05, 0) is 54.5 Å². The molecule has 4 heterocycles. The smallest absolute Gasteiger partial charge is 0.340 e. The van der Waals surface area contributed by atoms with E-state index >= 15 is 4.39 Å². The molecule has 6 rings (SSSR count). The van der Waals surface area contributed by atoms with Crippen molar-refractivity contribution in [2.24, 2.45) is 5.92 Å². The summed E-state index contributed by atoms with van der Waals surface area (Å²) in [5, 5.41) is 17.5. The zero-order chi connectivity index (χ0) is 35.6. The molecule has 2 unspecified atom stereocenters. The highest BCUT2D eigenvalue weighted by atomic mass is 35.5. The Balaban J connectivity index is 1.21. The second kappa shape index (κ2) is 15.5. The van der Waals surface area contributed by atoms with Gasteiger partial charge in [0.15, 0.2) is 23.2 Å². The molecule has 1 aliphatic heterocycles. The fourth-order valence-corrected chi connectivity index (χ4v) is 8.56. The lowest BCUT2D eigenvalue weighted by Crippen LogP contribution is -2.35. The summed E-state index contributed by atoms with van der Waals surface area (Å²) in [6.07, 6.45) is -1.78. The summed E-state index contributed by atoms with van der Waals surface area (Å²) < 4.78 is 58.8. The molecular weight excluding hydrogens is 761 g/mol. The van der Waals surface area contributed by atoms with Crippen molar-refractivity contribution in [3.05, 3.63) is 41.6 Å². The topological polar surface area (TPSA) is 200 Å². The van der Waals surface area contributed by atoms with Gasteiger partial charge in [0.25, 0.3) is 0 Å². The number of aromatic nitrogens is 7. The summed E-state index contributed by atoms with van der Waals surface area (Å²) in [4.78, 5) is 35.2. The molecule has 6 atom stereocenters. The van der Waals surface area contributed by atoms with Gasteiger partial charge in [-0.25, -0.2) is 28.8 Å². The number of carbonyl (C=O) groups is 1. The molecule has 1 saturated heterocycles. The molecule has 4 aromatic rings. The number of ether oxygens (including phenoxy) is 2. The molecule has 0 spiro atoms. The first-order chi connectivity index (χ1) is 24.0. The van der Waals surface area contributed by atoms with Crippen LogP contribution in [-0.4, -0.2) is 97.8 Å². The lowest BCUT2D eigenvalue weighted by molar-refractivity contribution is -0.0483. The molecule has 268 valence electrons. The van der Waals surface area contributed by atoms with Crippen LogP contribution in [0.2, 0.25) is 5.15 Å². The minimum absolute atomic E-state index is 0.0281. The Morgan fingerprint density at radius 1 is 1.18 bits per heavy atom. The zero-order valence-electron chi connectivity index (χ0n) is 26.4. The van der Waals surface area contributed by atoms with Crippen LogP contribution in [0.4, 0.5) is 4.39 Å². The van der Waals surface area contributed by atoms with Crippen LogP contribution in [0.25, 0.3) is 22.2 Å². The Morgan fingerprint density at radius 3 is 2.72 bits per heavy atom. The number of nitriles is 1. The first-order valence-corrected chi connectivity index (χ1v) is 20.5. The predicted molar refractivity (Wildman–Crippen MR) is 181 cm³/mol. The molecule has 17 nitrogen and oxygen atoms in total. The van der Waals surface area contributed by atoms with Gasteiger partial charge in [0.2, 0.25) is 0 Å². The number of alkyl halides is 1. The standard InChI is InChI=1S/C27H30ClFN8O9P2S2/c1-40-27(38)17-5-3-6-18-21(17)34-35-37(18)26-20(29)23(19(45-26)12-43-47(39,49)41-2)46-48(50,42-8-4-7-30)44-11-15-9-16(10-15)36-14-33-22-24(28)31-13-32-25(22)36/h3,5-6,13-16,19-20,23,26H,4,8-12H2,1-2H3,(H,39,49)/t15?,16?,19-,20-,23-,26-,47?,48?/m1/s1. The minimum Gasteiger partial charge on any atom is -0.465 e. The van der Waals surface area contributed by atoms with Crippen LogP contribution < -0.4 is 0 Å². The van der Waals surface area contributed by atoms with Gasteiger partial charge >= 0.3 is 19.4 Å². The molecule has 1 N–H and O–H groups in total. The Kier molecular flexibility index (Phi) is 11.5. The summed E-state index contributed by atoms with van der Waals surface area (Å²) in [5.41, 5.74) is 1.66. The molecule has 3 aromatic heterocycles. The van der Waals surface area contributed by atoms with Crippen molar-refractivity contribution >= 4 is 76.8 Å². The number of halogens is 2. The van der Waals surface area contributed by atoms with Crippen molar-refractivity contribution in [3.63, 3.8) is 0 Å². The van der Waals surface area contributed by atoms with Gasteiger partial charge in [0.05, 0.1) is 56.8 Å². The second-order valence-electron chi connectivity index (χ2n) is 11.2. The molecular formula is C27H30ClFN8O9P2S2. The maximum absolute atomic E-state index is 16.6. The van der Waals surface area contributed by atoms with E-state index < -0.39 is 50.6 Å². The van der Waals surface area contributed by atoms with Crippen molar-refractivity contribution in [3.8, 4) is 6.07 Å². The number of methoxy groups -OCH3 is 1. The number of hydrogen-bond donors (Lipinski definition) is 1. The van der Waals surface area contributed by atoms with Crippen LogP contribution in [0, 0.1) is 17.2 Å². The highest BCUT2D eigenvalue weighted by Gasteiger charge is 2.51. The number of carbonyl (C=O) groups excluding carboxylic acids is 1. The summed E-state index contributed by atoms with van der Waals surface area (Å²) in [7, 11) is 2.39. The molecule has 2 fully saturated rings. The highest BCUT2D eigenvalue weighted by molar-refractivity contribution is 8.07. The van der Waals surface area contributed by atoms with E-state index in [1.54, 1.807) is 18.5 Å². The third kappa shape index (κ3) is 7.75. The third-order valence-corrected chi connectivity index (χ3v) is 12.5. The van der Waals surface area contributed by atoms with E-state index in [0.29, 0.717) is 24.0 Å². The molecule has 1 aromatic carbocycles. The van der Waals surface area contributed by atoms with Gasteiger partial charge < -0.3 is 37.0 Å². The molecule has 0 radical (unpaired) electrons. The van der Waals surface area contributed by atoms with Gasteiger partial charge in [0.1, 0.15) is 29.6 Å². The monoisotopic (exact) mass is 790 g/mol. The van der Waals surface area contributed by atoms with Crippen molar-refractivity contribution < 1.29 is 46.2 Å². The number of esters is 1. The van der Waals surface area contributed by atoms with Gasteiger partial charge in [-0.2, -0.15) is 5.26 Å². The summed E-state index contributed by atoms with van der Waals surface area (Å²) in [6, 6.07) is 6.67. The largest absolute Gasteiger partial charge is 0.465 e. The van der Waals surface area contributed by atoms with E-state index in [-0.39, 0.29) is 53.3 Å². The van der Waals surface area contributed by atoms with E-state index in [9.17, 15) is 9.69 Å². The van der Waals surface area contributed by atoms with Gasteiger partial charge in [-0.3, -0.25) is 4.52 Å². The molecule has 0 amide bonds. The number of benzene rings is 1. The molecule has 1 aliphatic carbocycles. The quantitative estimate of drug-likeness (QED) is 0.0771.